The molecule has 0 unspecified atom stereocenters. The van der Waals surface area contributed by atoms with Gasteiger partial charge in [0.05, 0.1) is 17.5 Å². The van der Waals surface area contributed by atoms with Gasteiger partial charge in [-0.1, -0.05) is 72.8 Å². The first-order valence-corrected chi connectivity index (χ1v) is 12.7. The minimum atomic E-state index is -3.25. The minimum absolute atomic E-state index is 0.467. The highest BCUT2D eigenvalue weighted by molar-refractivity contribution is 7.76. The van der Waals surface area contributed by atoms with Crippen LogP contribution in [0, 0.1) is 11.3 Å². The number of nitriles is 1. The Morgan fingerprint density at radius 1 is 0.839 bits per heavy atom. The normalized spacial score (nSPS) is 14.3. The molecule has 0 saturated carbocycles. The molecule has 2 atom stereocenters. The zero-order valence-corrected chi connectivity index (χ0v) is 18.9. The topological polar surface area (TPSA) is 52.9 Å². The van der Waals surface area contributed by atoms with Crippen LogP contribution in [0.5, 0.6) is 0 Å². The van der Waals surface area contributed by atoms with Gasteiger partial charge in [-0.15, -0.1) is 11.3 Å². The predicted molar refractivity (Wildman–Crippen MR) is 129 cm³/mol. The lowest BCUT2D eigenvalue weighted by Gasteiger charge is -2.35. The number of nitrogens with one attached hydrogen (secondary N) is 1. The monoisotopic (exact) mass is 442 g/mol. The third kappa shape index (κ3) is 4.13. The summed E-state index contributed by atoms with van der Waals surface area (Å²) in [6, 6.07) is 34.7. The van der Waals surface area contributed by atoms with Gasteiger partial charge in [0.2, 0.25) is 7.29 Å². The van der Waals surface area contributed by atoms with Crippen molar-refractivity contribution in [3.05, 3.63) is 119 Å². The van der Waals surface area contributed by atoms with Crippen LogP contribution in [0.25, 0.3) is 0 Å². The summed E-state index contributed by atoms with van der Waals surface area (Å²) in [5.41, 5.74) is -0.0400. The van der Waals surface area contributed by atoms with E-state index in [0.29, 0.717) is 0 Å². The molecule has 1 aromatic heterocycles. The number of benzene rings is 3. The fourth-order valence-electron chi connectivity index (χ4n) is 3.77. The fraction of sp³-hybridized carbons (Fsp3) is 0.115. The molecule has 4 rings (SSSR count). The number of rotatable bonds is 7. The molecule has 0 spiro atoms. The second kappa shape index (κ2) is 9.04. The minimum Gasteiger partial charge on any atom is -0.297 e. The molecule has 0 fully saturated rings. The zero-order chi connectivity index (χ0) is 21.7. The van der Waals surface area contributed by atoms with Crippen LogP contribution in [0.4, 0.5) is 0 Å². The van der Waals surface area contributed by atoms with E-state index in [2.05, 4.69) is 11.2 Å². The molecule has 0 bridgehead atoms. The Labute approximate surface area is 187 Å². The van der Waals surface area contributed by atoms with Crippen molar-refractivity contribution < 1.29 is 4.57 Å². The van der Waals surface area contributed by atoms with Gasteiger partial charge in [0, 0.05) is 15.5 Å². The predicted octanol–water partition coefficient (Wildman–Crippen LogP) is 5.79. The molecule has 3 nitrogen and oxygen atoms in total. The highest BCUT2D eigenvalue weighted by Crippen LogP contribution is 2.48. The average molecular weight is 443 g/mol. The van der Waals surface area contributed by atoms with Crippen LogP contribution in [-0.2, 0) is 9.98 Å². The van der Waals surface area contributed by atoms with Crippen molar-refractivity contribution in [1.29, 1.82) is 5.26 Å². The molecule has 154 valence electrons. The van der Waals surface area contributed by atoms with Gasteiger partial charge in [-0.05, 0) is 48.2 Å². The van der Waals surface area contributed by atoms with E-state index in [0.717, 1.165) is 21.0 Å². The van der Waals surface area contributed by atoms with Crippen LogP contribution in [0.2, 0.25) is 0 Å². The van der Waals surface area contributed by atoms with Gasteiger partial charge in [-0.2, -0.15) is 5.26 Å². The molecular weight excluding hydrogens is 419 g/mol. The maximum atomic E-state index is 14.7. The first-order valence-electron chi connectivity index (χ1n) is 10.1. The summed E-state index contributed by atoms with van der Waals surface area (Å²) in [7, 11) is -3.25. The van der Waals surface area contributed by atoms with Gasteiger partial charge >= 0.3 is 0 Å². The lowest BCUT2D eigenvalue weighted by molar-refractivity contribution is 0.451. The summed E-state index contributed by atoms with van der Waals surface area (Å²) in [5, 5.41) is 17.3. The van der Waals surface area contributed by atoms with Crippen molar-refractivity contribution in [1.82, 2.24) is 5.09 Å². The third-order valence-corrected chi connectivity index (χ3v) is 9.17. The van der Waals surface area contributed by atoms with Crippen LogP contribution in [0.15, 0.2) is 109 Å². The second-order valence-corrected chi connectivity index (χ2v) is 11.0. The Hall–Kier alpha value is -2.96. The van der Waals surface area contributed by atoms with E-state index in [4.69, 9.17) is 0 Å². The van der Waals surface area contributed by atoms with Crippen molar-refractivity contribution in [2.24, 2.45) is 0 Å². The van der Waals surface area contributed by atoms with Crippen molar-refractivity contribution in [3.63, 3.8) is 0 Å². The number of hydrogen-bond donors (Lipinski definition) is 1. The van der Waals surface area contributed by atoms with Crippen LogP contribution >= 0.6 is 18.6 Å². The summed E-state index contributed by atoms with van der Waals surface area (Å²) < 4.78 is 14.7. The Kier molecular flexibility index (Phi) is 6.20. The van der Waals surface area contributed by atoms with Crippen LogP contribution < -0.4 is 15.7 Å². The molecule has 0 radical (unpaired) electrons. The molecule has 4 aromatic rings. The Morgan fingerprint density at radius 3 is 1.81 bits per heavy atom. The van der Waals surface area contributed by atoms with E-state index in [1.807, 2.05) is 115 Å². The van der Waals surface area contributed by atoms with Gasteiger partial charge in [0.1, 0.15) is 0 Å². The molecular formula is C26H23N2OPS. The number of nitrogens with zero attached hydrogens (tertiary/aromatic N) is 1. The van der Waals surface area contributed by atoms with E-state index in [1.54, 1.807) is 11.3 Å². The molecule has 0 aliphatic carbocycles. The largest absolute Gasteiger partial charge is 0.297 e. The molecule has 0 amide bonds. The maximum absolute atomic E-state index is 14.7. The van der Waals surface area contributed by atoms with Gasteiger partial charge in [-0.3, -0.25) is 4.57 Å². The quantitative estimate of drug-likeness (QED) is 0.369. The number of thiophene rings is 1. The molecule has 5 heteroatoms. The molecule has 0 saturated heterocycles. The summed E-state index contributed by atoms with van der Waals surface area (Å²) >= 11 is 1.56. The highest BCUT2D eigenvalue weighted by atomic mass is 32.1. The van der Waals surface area contributed by atoms with Gasteiger partial charge in [0.15, 0.2) is 0 Å². The lowest BCUT2D eigenvalue weighted by atomic mass is 9.77. The smallest absolute Gasteiger partial charge is 0.205 e. The van der Waals surface area contributed by atoms with Crippen LogP contribution in [-0.4, -0.2) is 0 Å². The summed E-state index contributed by atoms with van der Waals surface area (Å²) in [6.45, 7) is 1.92. The standard InChI is InChI=1S/C26H23N2OPS/c1-26(20-27,21-12-5-2-6-13-21)25(24-18-11-19-31-24)28-30(29,22-14-7-3-8-15-22)23-16-9-4-10-17-23/h2-19,25H,1H3,(H,28,29)/t25-,26+/m0/s1. The van der Waals surface area contributed by atoms with Crippen molar-refractivity contribution in [2.45, 2.75) is 18.4 Å². The molecule has 0 aliphatic rings. The van der Waals surface area contributed by atoms with Crippen LogP contribution in [0.1, 0.15) is 23.4 Å². The lowest BCUT2D eigenvalue weighted by Crippen LogP contribution is -2.40. The fourth-order valence-corrected chi connectivity index (χ4v) is 7.30. The van der Waals surface area contributed by atoms with Gasteiger partial charge < -0.3 is 0 Å². The van der Waals surface area contributed by atoms with Gasteiger partial charge in [0.25, 0.3) is 0 Å². The molecule has 1 N–H and O–H groups in total. The van der Waals surface area contributed by atoms with E-state index in [9.17, 15) is 9.83 Å². The Balaban J connectivity index is 1.90. The second-order valence-electron chi connectivity index (χ2n) is 7.54. The van der Waals surface area contributed by atoms with E-state index in [-0.39, 0.29) is 0 Å². The highest BCUT2D eigenvalue weighted by Gasteiger charge is 2.42. The Bertz CT molecular complexity index is 1160. The van der Waals surface area contributed by atoms with E-state index in [1.165, 1.54) is 0 Å². The van der Waals surface area contributed by atoms with Crippen molar-refractivity contribution in [2.75, 3.05) is 0 Å². The van der Waals surface area contributed by atoms with Crippen molar-refractivity contribution in [3.8, 4) is 6.07 Å². The van der Waals surface area contributed by atoms with Crippen LogP contribution in [0.3, 0.4) is 0 Å². The summed E-state index contributed by atoms with van der Waals surface area (Å²) in [6.07, 6.45) is 0. The van der Waals surface area contributed by atoms with Crippen molar-refractivity contribution >= 4 is 29.2 Å². The maximum Gasteiger partial charge on any atom is 0.205 e. The third-order valence-electron chi connectivity index (χ3n) is 5.56. The first kappa shape index (κ1) is 21.3. The zero-order valence-electron chi connectivity index (χ0n) is 17.2. The molecule has 3 aromatic carbocycles. The molecule has 0 aliphatic heterocycles. The first-order chi connectivity index (χ1) is 15.1. The van der Waals surface area contributed by atoms with E-state index < -0.39 is 18.7 Å². The number of hydrogen-bond acceptors (Lipinski definition) is 3. The SMILES string of the molecule is C[C@@](C#N)(c1ccccc1)[C@@H](NP(=O)(c1ccccc1)c1ccccc1)c1cccs1. The summed E-state index contributed by atoms with van der Waals surface area (Å²) in [4.78, 5) is 0.972. The molecule has 1 heterocycles. The van der Waals surface area contributed by atoms with Gasteiger partial charge in [-0.25, -0.2) is 5.09 Å². The molecule has 31 heavy (non-hydrogen) atoms. The average Bonchev–Trinajstić information content (AvgIpc) is 3.38. The Morgan fingerprint density at radius 2 is 1.35 bits per heavy atom. The van der Waals surface area contributed by atoms with E-state index >= 15 is 0 Å². The summed E-state index contributed by atoms with van der Waals surface area (Å²) in [5.74, 6) is 0.